The van der Waals surface area contributed by atoms with Crippen LogP contribution in [0.1, 0.15) is 30.9 Å². The highest BCUT2D eigenvalue weighted by Gasteiger charge is 2.24. The molecule has 0 aromatic heterocycles. The van der Waals surface area contributed by atoms with Gasteiger partial charge in [-0.05, 0) is 54.5 Å². The molecular weight excluding hydrogens is 338 g/mol. The minimum absolute atomic E-state index is 0.250. The summed E-state index contributed by atoms with van der Waals surface area (Å²) in [5.41, 5.74) is 1.77. The van der Waals surface area contributed by atoms with E-state index in [1.807, 2.05) is 36.4 Å². The van der Waals surface area contributed by atoms with Crippen molar-refractivity contribution >= 4 is 29.5 Å². The van der Waals surface area contributed by atoms with Crippen LogP contribution >= 0.6 is 11.6 Å². The van der Waals surface area contributed by atoms with E-state index < -0.39 is 5.97 Å². The maximum atomic E-state index is 12.0. The Bertz CT molecular complexity index is 825. The molecule has 0 aliphatic carbocycles. The van der Waals surface area contributed by atoms with Crippen LogP contribution in [0, 0.1) is 0 Å². The largest absolute Gasteiger partial charge is 0.494 e. The van der Waals surface area contributed by atoms with Crippen molar-refractivity contribution in [2.75, 3.05) is 6.61 Å². The summed E-state index contributed by atoms with van der Waals surface area (Å²) in [5.74, 6) is 0.605. The molecule has 0 unspecified atom stereocenters. The molecule has 2 aromatic carbocycles. The zero-order chi connectivity index (χ0) is 17.6. The second-order valence-electron chi connectivity index (χ2n) is 5.62. The lowest BCUT2D eigenvalue weighted by molar-refractivity contribution is -0.129. The predicted molar refractivity (Wildman–Crippen MR) is 98.9 cm³/mol. The molecule has 25 heavy (non-hydrogen) atoms. The molecule has 1 aliphatic rings. The smallest absolute Gasteiger partial charge is 0.363 e. The molecule has 1 aliphatic heterocycles. The molecule has 0 atom stereocenters. The molecule has 3 rings (SSSR count). The van der Waals surface area contributed by atoms with Gasteiger partial charge in [0.05, 0.1) is 6.61 Å². The number of cyclic esters (lactones) is 1. The highest BCUT2D eigenvalue weighted by molar-refractivity contribution is 6.30. The van der Waals surface area contributed by atoms with Gasteiger partial charge in [0.25, 0.3) is 0 Å². The van der Waals surface area contributed by atoms with Gasteiger partial charge in [-0.2, -0.15) is 0 Å². The zero-order valence-corrected chi connectivity index (χ0v) is 14.6. The molecule has 5 heteroatoms. The molecule has 2 aromatic rings. The average Bonchev–Trinajstić information content (AvgIpc) is 2.96. The van der Waals surface area contributed by atoms with E-state index in [0.717, 1.165) is 29.7 Å². The Labute approximate surface area is 151 Å². The molecule has 4 nitrogen and oxygen atoms in total. The summed E-state index contributed by atoms with van der Waals surface area (Å²) in [5, 5.41) is 0.601. The number of esters is 1. The normalized spacial score (nSPS) is 15.2. The number of hydrogen-bond acceptors (Lipinski definition) is 4. The van der Waals surface area contributed by atoms with Crippen molar-refractivity contribution in [3.63, 3.8) is 0 Å². The van der Waals surface area contributed by atoms with Crippen LogP contribution in [0.3, 0.4) is 0 Å². The van der Waals surface area contributed by atoms with E-state index in [0.29, 0.717) is 17.5 Å². The summed E-state index contributed by atoms with van der Waals surface area (Å²) >= 11 is 5.96. The first-order valence-corrected chi connectivity index (χ1v) is 8.55. The number of hydrogen-bond donors (Lipinski definition) is 0. The van der Waals surface area contributed by atoms with Gasteiger partial charge in [0.1, 0.15) is 5.75 Å². The monoisotopic (exact) mass is 355 g/mol. The Balaban J connectivity index is 1.76. The van der Waals surface area contributed by atoms with Crippen LogP contribution in [0.25, 0.3) is 6.08 Å². The molecule has 0 N–H and O–H groups in total. The van der Waals surface area contributed by atoms with Gasteiger partial charge in [0.15, 0.2) is 5.70 Å². The van der Waals surface area contributed by atoms with Gasteiger partial charge in [-0.25, -0.2) is 9.79 Å². The van der Waals surface area contributed by atoms with Crippen LogP contribution in [0.4, 0.5) is 0 Å². The second kappa shape index (κ2) is 7.99. The van der Waals surface area contributed by atoms with Crippen LogP contribution in [0.15, 0.2) is 59.2 Å². The van der Waals surface area contributed by atoms with E-state index in [1.54, 1.807) is 18.2 Å². The third-order valence-corrected chi connectivity index (χ3v) is 3.88. The molecule has 0 radical (unpaired) electrons. The van der Waals surface area contributed by atoms with E-state index in [-0.39, 0.29) is 5.70 Å². The Morgan fingerprint density at radius 2 is 2.00 bits per heavy atom. The number of benzene rings is 2. The zero-order valence-electron chi connectivity index (χ0n) is 13.9. The summed E-state index contributed by atoms with van der Waals surface area (Å²) in [6.07, 6.45) is 3.76. The first kappa shape index (κ1) is 17.2. The molecule has 0 saturated heterocycles. The highest BCUT2D eigenvalue weighted by atomic mass is 35.5. The lowest BCUT2D eigenvalue weighted by Crippen LogP contribution is -2.05. The van der Waals surface area contributed by atoms with Gasteiger partial charge in [-0.3, -0.25) is 0 Å². The molecule has 0 spiro atoms. The van der Waals surface area contributed by atoms with Crippen LogP contribution in [0.5, 0.6) is 5.75 Å². The highest BCUT2D eigenvalue weighted by Crippen LogP contribution is 2.22. The fourth-order valence-corrected chi connectivity index (χ4v) is 2.51. The van der Waals surface area contributed by atoms with Gasteiger partial charge in [0, 0.05) is 10.6 Å². The first-order valence-electron chi connectivity index (χ1n) is 8.17. The number of halogens is 1. The third-order valence-electron chi connectivity index (χ3n) is 3.64. The molecule has 1 heterocycles. The lowest BCUT2D eigenvalue weighted by atomic mass is 10.2. The molecular formula is C20H18ClNO3. The number of unbranched alkanes of at least 4 members (excludes halogenated alkanes) is 1. The summed E-state index contributed by atoms with van der Waals surface area (Å²) in [6, 6.07) is 14.6. The fourth-order valence-electron chi connectivity index (χ4n) is 2.31. The number of aliphatic imine (C=N–C) groups is 1. The average molecular weight is 356 g/mol. The van der Waals surface area contributed by atoms with Crippen molar-refractivity contribution in [1.29, 1.82) is 0 Å². The maximum Gasteiger partial charge on any atom is 0.363 e. The topological polar surface area (TPSA) is 47.9 Å². The molecule has 0 amide bonds. The molecule has 0 bridgehead atoms. The Hall–Kier alpha value is -2.59. The van der Waals surface area contributed by atoms with Crippen molar-refractivity contribution in [2.45, 2.75) is 19.8 Å². The SMILES string of the molecule is CCCCOc1ccc(C2=NC(=Cc3cccc(Cl)c3)C(=O)O2)cc1. The van der Waals surface area contributed by atoms with E-state index in [2.05, 4.69) is 11.9 Å². The predicted octanol–water partition coefficient (Wildman–Crippen LogP) is 4.86. The lowest BCUT2D eigenvalue weighted by Gasteiger charge is -2.05. The maximum absolute atomic E-state index is 12.0. The van der Waals surface area contributed by atoms with Gasteiger partial charge < -0.3 is 9.47 Å². The first-order chi connectivity index (χ1) is 12.2. The molecule has 0 fully saturated rings. The number of rotatable bonds is 6. The van der Waals surface area contributed by atoms with Crippen LogP contribution < -0.4 is 4.74 Å². The van der Waals surface area contributed by atoms with E-state index >= 15 is 0 Å². The van der Waals surface area contributed by atoms with Crippen molar-refractivity contribution in [2.24, 2.45) is 4.99 Å². The van der Waals surface area contributed by atoms with E-state index in [9.17, 15) is 4.79 Å². The van der Waals surface area contributed by atoms with E-state index in [1.165, 1.54) is 0 Å². The number of ether oxygens (including phenoxy) is 2. The van der Waals surface area contributed by atoms with Crippen LogP contribution in [-0.2, 0) is 9.53 Å². The third kappa shape index (κ3) is 4.48. The Kier molecular flexibility index (Phi) is 5.51. The van der Waals surface area contributed by atoms with Crippen LogP contribution in [-0.4, -0.2) is 18.5 Å². The Morgan fingerprint density at radius 3 is 2.72 bits per heavy atom. The quantitative estimate of drug-likeness (QED) is 0.422. The van der Waals surface area contributed by atoms with Crippen molar-refractivity contribution in [3.05, 3.63) is 70.4 Å². The number of nitrogens with zero attached hydrogens (tertiary/aromatic N) is 1. The van der Waals surface area contributed by atoms with Crippen molar-refractivity contribution in [1.82, 2.24) is 0 Å². The van der Waals surface area contributed by atoms with Crippen LogP contribution in [0.2, 0.25) is 5.02 Å². The van der Waals surface area contributed by atoms with Gasteiger partial charge >= 0.3 is 5.97 Å². The minimum Gasteiger partial charge on any atom is -0.494 e. The number of carbonyl (C=O) groups excluding carboxylic acids is 1. The molecule has 0 saturated carbocycles. The minimum atomic E-state index is -0.474. The molecule has 128 valence electrons. The number of carbonyl (C=O) groups is 1. The van der Waals surface area contributed by atoms with Gasteiger partial charge in [-0.1, -0.05) is 37.1 Å². The summed E-state index contributed by atoms with van der Waals surface area (Å²) in [4.78, 5) is 16.3. The van der Waals surface area contributed by atoms with Crippen molar-refractivity contribution in [3.8, 4) is 5.75 Å². The Morgan fingerprint density at radius 1 is 1.20 bits per heavy atom. The van der Waals surface area contributed by atoms with Gasteiger partial charge in [0.2, 0.25) is 5.90 Å². The van der Waals surface area contributed by atoms with E-state index in [4.69, 9.17) is 21.1 Å². The van der Waals surface area contributed by atoms with Crippen molar-refractivity contribution < 1.29 is 14.3 Å². The summed E-state index contributed by atoms with van der Waals surface area (Å²) < 4.78 is 10.9. The summed E-state index contributed by atoms with van der Waals surface area (Å²) in [6.45, 7) is 2.81. The van der Waals surface area contributed by atoms with Gasteiger partial charge in [-0.15, -0.1) is 0 Å². The standard InChI is InChI=1S/C20H18ClNO3/c1-2-3-11-24-17-9-7-15(8-10-17)19-22-18(20(23)25-19)13-14-5-4-6-16(21)12-14/h4-10,12-13H,2-3,11H2,1H3. The second-order valence-corrected chi connectivity index (χ2v) is 6.05. The fraction of sp³-hybridized carbons (Fsp3) is 0.200. The summed E-state index contributed by atoms with van der Waals surface area (Å²) in [7, 11) is 0.